The van der Waals surface area contributed by atoms with Gasteiger partial charge in [0.25, 0.3) is 0 Å². The number of halogens is 2. The number of aromatic nitrogens is 2. The number of rotatable bonds is 2. The molecule has 1 aliphatic heterocycles. The summed E-state index contributed by atoms with van der Waals surface area (Å²) in [5, 5.41) is 9.86. The molecule has 0 bridgehead atoms. The molecule has 104 valence electrons. The van der Waals surface area contributed by atoms with Crippen LogP contribution < -0.4 is 4.90 Å². The Morgan fingerprint density at radius 3 is 2.35 bits per heavy atom. The molecule has 1 N–H and O–H groups in total. The van der Waals surface area contributed by atoms with E-state index in [9.17, 15) is 13.9 Å². The summed E-state index contributed by atoms with van der Waals surface area (Å²) in [4.78, 5) is 9.69. The van der Waals surface area contributed by atoms with Crippen LogP contribution in [0.5, 0.6) is 0 Å². The molecule has 0 amide bonds. The van der Waals surface area contributed by atoms with Crippen molar-refractivity contribution in [3.8, 4) is 0 Å². The predicted molar refractivity (Wildman–Crippen MR) is 69.1 cm³/mol. The quantitative estimate of drug-likeness (QED) is 0.913. The Kier molecular flexibility index (Phi) is 3.31. The van der Waals surface area contributed by atoms with Crippen molar-refractivity contribution < 1.29 is 13.9 Å². The first kappa shape index (κ1) is 12.9. The lowest BCUT2D eigenvalue weighted by Crippen LogP contribution is -2.26. The van der Waals surface area contributed by atoms with Crippen LogP contribution in [0.2, 0.25) is 0 Å². The van der Waals surface area contributed by atoms with Gasteiger partial charge in [0.2, 0.25) is 5.95 Å². The van der Waals surface area contributed by atoms with Crippen molar-refractivity contribution >= 4 is 5.95 Å². The van der Waals surface area contributed by atoms with Crippen LogP contribution in [0, 0.1) is 11.6 Å². The summed E-state index contributed by atoms with van der Waals surface area (Å²) < 4.78 is 25.9. The van der Waals surface area contributed by atoms with Gasteiger partial charge in [0.1, 0.15) is 5.82 Å². The molecule has 1 saturated heterocycles. The lowest BCUT2D eigenvalue weighted by Gasteiger charge is -2.24. The lowest BCUT2D eigenvalue weighted by molar-refractivity contribution is 0.194. The average Bonchev–Trinajstić information content (AvgIpc) is 2.82. The van der Waals surface area contributed by atoms with Gasteiger partial charge in [0, 0.05) is 6.54 Å². The van der Waals surface area contributed by atoms with Crippen LogP contribution in [0.25, 0.3) is 0 Å². The third-order valence-electron chi connectivity index (χ3n) is 3.40. The molecule has 0 saturated carbocycles. The molecule has 4 nitrogen and oxygen atoms in total. The average molecular weight is 277 g/mol. The molecule has 1 aromatic heterocycles. The van der Waals surface area contributed by atoms with Gasteiger partial charge in [-0.15, -0.1) is 0 Å². The SMILES string of the molecule is O[C@H]1C[C@H](c2ccc(F)cc2)N(c2ncc(F)cn2)C1. The van der Waals surface area contributed by atoms with Gasteiger partial charge < -0.3 is 10.0 Å². The van der Waals surface area contributed by atoms with E-state index in [4.69, 9.17) is 0 Å². The molecule has 2 heterocycles. The van der Waals surface area contributed by atoms with Crippen LogP contribution in [0.1, 0.15) is 18.0 Å². The van der Waals surface area contributed by atoms with E-state index in [-0.39, 0.29) is 11.9 Å². The van der Waals surface area contributed by atoms with Gasteiger partial charge in [-0.2, -0.15) is 0 Å². The van der Waals surface area contributed by atoms with E-state index in [1.807, 2.05) is 0 Å². The van der Waals surface area contributed by atoms with Crippen molar-refractivity contribution in [3.63, 3.8) is 0 Å². The highest BCUT2D eigenvalue weighted by atomic mass is 19.1. The van der Waals surface area contributed by atoms with Crippen molar-refractivity contribution in [3.05, 3.63) is 53.9 Å². The molecule has 3 rings (SSSR count). The fourth-order valence-corrected chi connectivity index (χ4v) is 2.49. The topological polar surface area (TPSA) is 49.2 Å². The second-order valence-corrected chi connectivity index (χ2v) is 4.81. The van der Waals surface area contributed by atoms with Gasteiger partial charge >= 0.3 is 0 Å². The number of anilines is 1. The van der Waals surface area contributed by atoms with E-state index >= 15 is 0 Å². The molecule has 0 unspecified atom stereocenters. The highest BCUT2D eigenvalue weighted by Crippen LogP contribution is 2.34. The van der Waals surface area contributed by atoms with Gasteiger partial charge in [-0.05, 0) is 24.1 Å². The molecule has 6 heteroatoms. The minimum absolute atomic E-state index is 0.143. The number of hydrogen-bond acceptors (Lipinski definition) is 4. The maximum Gasteiger partial charge on any atom is 0.226 e. The molecular weight excluding hydrogens is 264 g/mol. The molecule has 1 aromatic carbocycles. The van der Waals surface area contributed by atoms with Crippen LogP contribution in [-0.2, 0) is 0 Å². The van der Waals surface area contributed by atoms with Gasteiger partial charge in [0.05, 0.1) is 24.5 Å². The number of hydrogen-bond donors (Lipinski definition) is 1. The van der Waals surface area contributed by atoms with Crippen LogP contribution in [0.15, 0.2) is 36.7 Å². The van der Waals surface area contributed by atoms with Gasteiger partial charge in [-0.25, -0.2) is 18.7 Å². The van der Waals surface area contributed by atoms with E-state index in [2.05, 4.69) is 9.97 Å². The smallest absolute Gasteiger partial charge is 0.226 e. The molecule has 1 fully saturated rings. The van der Waals surface area contributed by atoms with Gasteiger partial charge in [-0.3, -0.25) is 0 Å². The number of nitrogens with zero attached hydrogens (tertiary/aromatic N) is 3. The molecule has 0 spiro atoms. The van der Waals surface area contributed by atoms with E-state index < -0.39 is 11.9 Å². The highest BCUT2D eigenvalue weighted by molar-refractivity contribution is 5.39. The normalized spacial score (nSPS) is 22.2. The van der Waals surface area contributed by atoms with Crippen molar-refractivity contribution in [2.24, 2.45) is 0 Å². The third-order valence-corrected chi connectivity index (χ3v) is 3.40. The summed E-state index contributed by atoms with van der Waals surface area (Å²) in [7, 11) is 0. The molecule has 2 atom stereocenters. The van der Waals surface area contributed by atoms with Crippen molar-refractivity contribution in [1.82, 2.24) is 9.97 Å². The lowest BCUT2D eigenvalue weighted by atomic mass is 10.0. The zero-order valence-corrected chi connectivity index (χ0v) is 10.6. The summed E-state index contributed by atoms with van der Waals surface area (Å²) in [6, 6.07) is 5.97. The Hall–Kier alpha value is -2.08. The largest absolute Gasteiger partial charge is 0.391 e. The molecule has 2 aromatic rings. The molecule has 0 aliphatic carbocycles. The first-order valence-electron chi connectivity index (χ1n) is 6.31. The standard InChI is InChI=1S/C14H13F2N3O/c15-10-3-1-9(2-4-10)13-5-12(20)8-19(13)14-17-6-11(16)7-18-14/h1-4,6-7,12-13,20H,5,8H2/t12-,13+/m0/s1. The number of benzene rings is 1. The predicted octanol–water partition coefficient (Wildman–Crippen LogP) is 2.07. The summed E-state index contributed by atoms with van der Waals surface area (Å²) in [6.07, 6.45) is 2.18. The fraction of sp³-hybridized carbons (Fsp3) is 0.286. The molecule has 1 aliphatic rings. The Morgan fingerprint density at radius 2 is 1.70 bits per heavy atom. The second kappa shape index (κ2) is 5.13. The maximum absolute atomic E-state index is 13.0. The molecule has 0 radical (unpaired) electrons. The van der Waals surface area contributed by atoms with Gasteiger partial charge in [-0.1, -0.05) is 12.1 Å². The second-order valence-electron chi connectivity index (χ2n) is 4.81. The molecular formula is C14H13F2N3O. The Balaban J connectivity index is 1.92. The summed E-state index contributed by atoms with van der Waals surface area (Å²) in [5.41, 5.74) is 0.871. The number of β-amino-alcohol motifs (C(OH)–C–C–N with tert-alkyl or cyclic N) is 1. The summed E-state index contributed by atoms with van der Waals surface area (Å²) >= 11 is 0. The van der Waals surface area contributed by atoms with Crippen LogP contribution >= 0.6 is 0 Å². The molecule has 20 heavy (non-hydrogen) atoms. The monoisotopic (exact) mass is 277 g/mol. The zero-order chi connectivity index (χ0) is 14.1. The Morgan fingerprint density at radius 1 is 1.05 bits per heavy atom. The minimum atomic E-state index is -0.515. The van der Waals surface area contributed by atoms with E-state index in [1.54, 1.807) is 17.0 Å². The highest BCUT2D eigenvalue weighted by Gasteiger charge is 2.33. The van der Waals surface area contributed by atoms with Crippen LogP contribution in [0.4, 0.5) is 14.7 Å². The van der Waals surface area contributed by atoms with Crippen LogP contribution in [0.3, 0.4) is 0 Å². The number of aliphatic hydroxyl groups excluding tert-OH is 1. The first-order chi connectivity index (χ1) is 9.63. The fourth-order valence-electron chi connectivity index (χ4n) is 2.49. The van der Waals surface area contributed by atoms with Crippen molar-refractivity contribution in [1.29, 1.82) is 0 Å². The van der Waals surface area contributed by atoms with E-state index in [0.29, 0.717) is 18.9 Å². The van der Waals surface area contributed by atoms with Crippen LogP contribution in [-0.4, -0.2) is 27.7 Å². The maximum atomic E-state index is 13.0. The Bertz CT molecular complexity index is 535. The summed E-state index contributed by atoms with van der Waals surface area (Å²) in [6.45, 7) is 0.369. The minimum Gasteiger partial charge on any atom is -0.391 e. The van der Waals surface area contributed by atoms with E-state index in [1.165, 1.54) is 12.1 Å². The third kappa shape index (κ3) is 2.46. The zero-order valence-electron chi connectivity index (χ0n) is 10.6. The van der Waals surface area contributed by atoms with Gasteiger partial charge in [0.15, 0.2) is 5.82 Å². The van der Waals surface area contributed by atoms with Crippen molar-refractivity contribution in [2.45, 2.75) is 18.6 Å². The number of aliphatic hydroxyl groups is 1. The van der Waals surface area contributed by atoms with E-state index in [0.717, 1.165) is 18.0 Å². The van der Waals surface area contributed by atoms with Crippen molar-refractivity contribution in [2.75, 3.05) is 11.4 Å². The first-order valence-corrected chi connectivity index (χ1v) is 6.31. The Labute approximate surface area is 114 Å². The summed E-state index contributed by atoms with van der Waals surface area (Å²) in [5.74, 6) is -0.457.